The Morgan fingerprint density at radius 2 is 2.00 bits per heavy atom. The fourth-order valence-corrected chi connectivity index (χ4v) is 1.97. The van der Waals surface area contributed by atoms with E-state index in [-0.39, 0.29) is 5.82 Å². The smallest absolute Gasteiger partial charge is 0.124 e. The first-order valence-electron chi connectivity index (χ1n) is 5.49. The number of ether oxygens (including phenoxy) is 1. The van der Waals surface area contributed by atoms with Gasteiger partial charge < -0.3 is 10.5 Å². The second kappa shape index (κ2) is 5.40. The molecule has 0 saturated carbocycles. The molecule has 0 aliphatic heterocycles. The zero-order valence-electron chi connectivity index (χ0n) is 9.91. The molecule has 0 amide bonds. The quantitative estimate of drug-likeness (QED) is 0.868. The van der Waals surface area contributed by atoms with Gasteiger partial charge in [-0.15, -0.1) is 0 Å². The van der Waals surface area contributed by atoms with Crippen LogP contribution in [0.5, 0.6) is 5.75 Å². The molecule has 0 heterocycles. The molecule has 4 heteroatoms. The van der Waals surface area contributed by atoms with Crippen molar-refractivity contribution >= 4 is 21.6 Å². The fraction of sp³-hybridized carbons (Fsp3) is 0.143. The molecule has 2 nitrogen and oxygen atoms in total. The zero-order valence-corrected chi connectivity index (χ0v) is 11.5. The number of nitrogens with two attached hydrogens (primary N) is 1. The lowest BCUT2D eigenvalue weighted by molar-refractivity contribution is 0.305. The Bertz CT molecular complexity index is 572. The van der Waals surface area contributed by atoms with Crippen molar-refractivity contribution in [2.45, 2.75) is 13.5 Å². The molecule has 0 aliphatic carbocycles. The predicted octanol–water partition coefficient (Wildman–Crippen LogP) is 4.06. The maximum atomic E-state index is 12.9. The highest BCUT2D eigenvalue weighted by Crippen LogP contribution is 2.23. The Hall–Kier alpha value is -1.55. The van der Waals surface area contributed by atoms with Gasteiger partial charge in [0.2, 0.25) is 0 Å². The van der Waals surface area contributed by atoms with Crippen LogP contribution >= 0.6 is 15.9 Å². The molecule has 2 aromatic carbocycles. The van der Waals surface area contributed by atoms with E-state index >= 15 is 0 Å². The van der Waals surface area contributed by atoms with E-state index in [4.69, 9.17) is 10.5 Å². The van der Waals surface area contributed by atoms with Gasteiger partial charge in [-0.3, -0.25) is 0 Å². The van der Waals surface area contributed by atoms with Gasteiger partial charge in [0.25, 0.3) is 0 Å². The molecule has 94 valence electrons. The average Bonchev–Trinajstić information content (AvgIpc) is 2.32. The third-order valence-corrected chi connectivity index (χ3v) is 3.40. The Balaban J connectivity index is 2.09. The minimum Gasteiger partial charge on any atom is -0.489 e. The van der Waals surface area contributed by atoms with Crippen molar-refractivity contribution in [3.8, 4) is 5.75 Å². The van der Waals surface area contributed by atoms with Crippen LogP contribution in [0.25, 0.3) is 0 Å². The van der Waals surface area contributed by atoms with Crippen LogP contribution in [0.3, 0.4) is 0 Å². The Morgan fingerprint density at radius 3 is 2.67 bits per heavy atom. The van der Waals surface area contributed by atoms with Crippen LogP contribution in [0.4, 0.5) is 10.1 Å². The highest BCUT2D eigenvalue weighted by Gasteiger charge is 2.03. The monoisotopic (exact) mass is 309 g/mol. The summed E-state index contributed by atoms with van der Waals surface area (Å²) in [6.45, 7) is 2.30. The SMILES string of the molecule is Cc1ccc(OCc2ccc(F)cc2Br)cc1N. The number of aryl methyl sites for hydroxylation is 1. The first kappa shape index (κ1) is 12.9. The van der Waals surface area contributed by atoms with Crippen molar-refractivity contribution in [3.05, 3.63) is 57.8 Å². The lowest BCUT2D eigenvalue weighted by Gasteiger charge is -2.09. The standard InChI is InChI=1S/C14H13BrFNO/c1-9-2-5-12(7-14(9)17)18-8-10-3-4-11(16)6-13(10)15/h2-7H,8,17H2,1H3. The largest absolute Gasteiger partial charge is 0.489 e. The summed E-state index contributed by atoms with van der Waals surface area (Å²) in [6.07, 6.45) is 0. The summed E-state index contributed by atoms with van der Waals surface area (Å²) in [4.78, 5) is 0. The minimum absolute atomic E-state index is 0.273. The van der Waals surface area contributed by atoms with E-state index in [1.54, 1.807) is 12.1 Å². The lowest BCUT2D eigenvalue weighted by Crippen LogP contribution is -1.98. The summed E-state index contributed by atoms with van der Waals surface area (Å²) in [5.74, 6) is 0.430. The number of benzene rings is 2. The fourth-order valence-electron chi connectivity index (χ4n) is 1.51. The van der Waals surface area contributed by atoms with E-state index in [1.165, 1.54) is 12.1 Å². The molecule has 0 bridgehead atoms. The first-order valence-corrected chi connectivity index (χ1v) is 6.28. The molecular weight excluding hydrogens is 297 g/mol. The van der Waals surface area contributed by atoms with Gasteiger partial charge in [0.15, 0.2) is 0 Å². The predicted molar refractivity (Wildman–Crippen MR) is 74.0 cm³/mol. The average molecular weight is 310 g/mol. The molecule has 0 aliphatic rings. The third-order valence-electron chi connectivity index (χ3n) is 2.66. The summed E-state index contributed by atoms with van der Waals surface area (Å²) in [5.41, 5.74) is 8.40. The van der Waals surface area contributed by atoms with Gasteiger partial charge in [-0.2, -0.15) is 0 Å². The van der Waals surface area contributed by atoms with E-state index < -0.39 is 0 Å². The number of rotatable bonds is 3. The summed E-state index contributed by atoms with van der Waals surface area (Å²) in [5, 5.41) is 0. The van der Waals surface area contributed by atoms with Crippen LogP contribution in [0, 0.1) is 12.7 Å². The molecule has 0 atom stereocenters. The van der Waals surface area contributed by atoms with Crippen molar-refractivity contribution in [2.75, 3.05) is 5.73 Å². The van der Waals surface area contributed by atoms with Crippen LogP contribution in [0.1, 0.15) is 11.1 Å². The van der Waals surface area contributed by atoms with Crippen LogP contribution in [-0.4, -0.2) is 0 Å². The molecular formula is C14H13BrFNO. The molecule has 0 saturated heterocycles. The number of hydrogen-bond donors (Lipinski definition) is 1. The number of nitrogen functional groups attached to an aromatic ring is 1. The summed E-state index contributed by atoms with van der Waals surface area (Å²) < 4.78 is 19.2. The Morgan fingerprint density at radius 1 is 1.22 bits per heavy atom. The van der Waals surface area contributed by atoms with Crippen LogP contribution in [0.2, 0.25) is 0 Å². The van der Waals surface area contributed by atoms with E-state index in [2.05, 4.69) is 15.9 Å². The van der Waals surface area contributed by atoms with Gasteiger partial charge in [0.1, 0.15) is 18.2 Å². The van der Waals surface area contributed by atoms with E-state index in [9.17, 15) is 4.39 Å². The van der Waals surface area contributed by atoms with Gasteiger partial charge in [-0.25, -0.2) is 4.39 Å². The second-order valence-corrected chi connectivity index (χ2v) is 4.90. The molecule has 0 spiro atoms. The van der Waals surface area contributed by atoms with Crippen LogP contribution in [-0.2, 0) is 6.61 Å². The summed E-state index contributed by atoms with van der Waals surface area (Å²) in [7, 11) is 0. The Labute approximate surface area is 114 Å². The van der Waals surface area contributed by atoms with Gasteiger partial charge in [-0.1, -0.05) is 28.1 Å². The molecule has 0 fully saturated rings. The maximum absolute atomic E-state index is 12.9. The zero-order chi connectivity index (χ0) is 13.1. The molecule has 18 heavy (non-hydrogen) atoms. The molecule has 0 aromatic heterocycles. The Kier molecular flexibility index (Phi) is 3.87. The topological polar surface area (TPSA) is 35.2 Å². The molecule has 0 radical (unpaired) electrons. The van der Waals surface area contributed by atoms with Crippen molar-refractivity contribution in [2.24, 2.45) is 0 Å². The van der Waals surface area contributed by atoms with Crippen molar-refractivity contribution in [1.82, 2.24) is 0 Å². The lowest BCUT2D eigenvalue weighted by atomic mass is 10.2. The molecule has 2 aromatic rings. The maximum Gasteiger partial charge on any atom is 0.124 e. The van der Waals surface area contributed by atoms with Gasteiger partial charge >= 0.3 is 0 Å². The van der Waals surface area contributed by atoms with Crippen molar-refractivity contribution in [1.29, 1.82) is 0 Å². The van der Waals surface area contributed by atoms with Crippen molar-refractivity contribution in [3.63, 3.8) is 0 Å². The minimum atomic E-state index is -0.273. The highest BCUT2D eigenvalue weighted by molar-refractivity contribution is 9.10. The van der Waals surface area contributed by atoms with Gasteiger partial charge in [-0.05, 0) is 30.7 Å². The summed E-state index contributed by atoms with van der Waals surface area (Å²) >= 11 is 3.30. The van der Waals surface area contributed by atoms with E-state index in [1.807, 2.05) is 19.1 Å². The van der Waals surface area contributed by atoms with Crippen LogP contribution < -0.4 is 10.5 Å². The van der Waals surface area contributed by atoms with Gasteiger partial charge in [0, 0.05) is 21.8 Å². The first-order chi connectivity index (χ1) is 8.56. The number of hydrogen-bond acceptors (Lipinski definition) is 2. The van der Waals surface area contributed by atoms with Crippen molar-refractivity contribution < 1.29 is 9.13 Å². The van der Waals surface area contributed by atoms with E-state index in [0.717, 1.165) is 11.1 Å². The van der Waals surface area contributed by atoms with Gasteiger partial charge in [0.05, 0.1) is 0 Å². The normalized spacial score (nSPS) is 10.4. The summed E-state index contributed by atoms with van der Waals surface area (Å²) in [6, 6.07) is 10.1. The number of anilines is 1. The molecule has 2 N–H and O–H groups in total. The third kappa shape index (κ3) is 3.01. The van der Waals surface area contributed by atoms with Crippen LogP contribution in [0.15, 0.2) is 40.9 Å². The number of halogens is 2. The van der Waals surface area contributed by atoms with E-state index in [0.29, 0.717) is 22.5 Å². The second-order valence-electron chi connectivity index (χ2n) is 4.04. The highest BCUT2D eigenvalue weighted by atomic mass is 79.9. The molecule has 0 unspecified atom stereocenters. The molecule has 2 rings (SSSR count).